The summed E-state index contributed by atoms with van der Waals surface area (Å²) in [4.78, 5) is 18.5. The Labute approximate surface area is 179 Å². The summed E-state index contributed by atoms with van der Waals surface area (Å²) in [5.74, 6) is -3.16. The predicted octanol–water partition coefficient (Wildman–Crippen LogP) is 3.65. The third-order valence-electron chi connectivity index (χ3n) is 5.47. The Bertz CT molecular complexity index is 1330. The van der Waals surface area contributed by atoms with Crippen molar-refractivity contribution in [2.75, 3.05) is 5.32 Å². The molecule has 1 aliphatic rings. The number of hydrogen-bond acceptors (Lipinski definition) is 5. The van der Waals surface area contributed by atoms with Gasteiger partial charge in [0.2, 0.25) is 11.7 Å². The summed E-state index contributed by atoms with van der Waals surface area (Å²) < 4.78 is 28.9. The van der Waals surface area contributed by atoms with Crippen molar-refractivity contribution in [3.63, 3.8) is 0 Å². The highest BCUT2D eigenvalue weighted by Gasteiger charge is 2.43. The van der Waals surface area contributed by atoms with Crippen molar-refractivity contribution >= 4 is 28.8 Å². The summed E-state index contributed by atoms with van der Waals surface area (Å²) in [5, 5.41) is 15.0. The van der Waals surface area contributed by atoms with Crippen molar-refractivity contribution in [1.82, 2.24) is 29.6 Å². The Morgan fingerprint density at radius 1 is 1.26 bits per heavy atom. The molecule has 4 aromatic rings. The maximum Gasteiger partial charge on any atom is 0.271 e. The standard InChI is InChI=1S/C20H16ClF2N7O/c1-20(2)8-11(12-9-24-18-15(22)17(23)28-29(18)16(12)20)19(31)27-10-3-4-14(13(21)7-10)30-25-5-6-26-30/h3-7,9,11H,8H2,1-2H3,(H,27,31)/t11-/m0/s1. The van der Waals surface area contributed by atoms with E-state index >= 15 is 0 Å². The number of carbonyl (C=O) groups is 1. The van der Waals surface area contributed by atoms with E-state index in [4.69, 9.17) is 11.6 Å². The van der Waals surface area contributed by atoms with Crippen molar-refractivity contribution in [3.8, 4) is 5.69 Å². The molecule has 0 bridgehead atoms. The molecule has 158 valence electrons. The normalized spacial score (nSPS) is 17.1. The number of nitrogens with one attached hydrogen (secondary N) is 1. The van der Waals surface area contributed by atoms with E-state index in [0.29, 0.717) is 34.1 Å². The van der Waals surface area contributed by atoms with Gasteiger partial charge in [-0.2, -0.15) is 23.8 Å². The number of hydrogen-bond donors (Lipinski definition) is 1. The summed E-state index contributed by atoms with van der Waals surface area (Å²) in [5.41, 5.74) is 1.49. The summed E-state index contributed by atoms with van der Waals surface area (Å²) in [6, 6.07) is 5.01. The fraction of sp³-hybridized carbons (Fsp3) is 0.250. The lowest BCUT2D eigenvalue weighted by Gasteiger charge is -2.19. The Morgan fingerprint density at radius 2 is 2.00 bits per heavy atom. The van der Waals surface area contributed by atoms with E-state index in [1.165, 1.54) is 23.4 Å². The largest absolute Gasteiger partial charge is 0.326 e. The van der Waals surface area contributed by atoms with Crippen LogP contribution in [0.25, 0.3) is 11.3 Å². The predicted molar refractivity (Wildman–Crippen MR) is 108 cm³/mol. The molecule has 0 fully saturated rings. The molecular weight excluding hydrogens is 428 g/mol. The van der Waals surface area contributed by atoms with Gasteiger partial charge in [0, 0.05) is 22.9 Å². The number of anilines is 1. The summed E-state index contributed by atoms with van der Waals surface area (Å²) >= 11 is 6.33. The Kier molecular flexibility index (Phi) is 4.30. The third kappa shape index (κ3) is 3.05. The fourth-order valence-electron chi connectivity index (χ4n) is 4.15. The van der Waals surface area contributed by atoms with Crippen LogP contribution in [0.15, 0.2) is 36.8 Å². The molecule has 0 aliphatic heterocycles. The van der Waals surface area contributed by atoms with Crippen molar-refractivity contribution in [1.29, 1.82) is 0 Å². The number of benzene rings is 1. The van der Waals surface area contributed by atoms with Crippen LogP contribution in [0, 0.1) is 11.8 Å². The highest BCUT2D eigenvalue weighted by molar-refractivity contribution is 6.32. The van der Waals surface area contributed by atoms with E-state index < -0.39 is 23.1 Å². The number of amides is 1. The van der Waals surface area contributed by atoms with Crippen molar-refractivity contribution in [3.05, 3.63) is 64.8 Å². The molecule has 0 saturated heterocycles. The van der Waals surface area contributed by atoms with E-state index in [-0.39, 0.29) is 11.6 Å². The van der Waals surface area contributed by atoms with E-state index in [0.717, 1.165) is 4.52 Å². The molecule has 1 aromatic carbocycles. The molecule has 11 heteroatoms. The first kappa shape index (κ1) is 19.6. The highest BCUT2D eigenvalue weighted by Crippen LogP contribution is 2.46. The number of rotatable bonds is 3. The second-order valence-corrected chi connectivity index (χ2v) is 8.42. The van der Waals surface area contributed by atoms with Crippen molar-refractivity contribution in [2.45, 2.75) is 31.6 Å². The molecule has 1 amide bonds. The molecule has 0 spiro atoms. The number of carbonyl (C=O) groups excluding carboxylic acids is 1. The molecule has 3 heterocycles. The van der Waals surface area contributed by atoms with Gasteiger partial charge in [-0.15, -0.1) is 5.10 Å². The molecule has 0 saturated carbocycles. The molecule has 1 N–H and O–H groups in total. The first-order chi connectivity index (χ1) is 14.8. The molecule has 0 radical (unpaired) electrons. The van der Waals surface area contributed by atoms with Gasteiger partial charge in [-0.05, 0) is 24.6 Å². The zero-order valence-corrected chi connectivity index (χ0v) is 17.2. The van der Waals surface area contributed by atoms with Gasteiger partial charge in [-0.1, -0.05) is 25.4 Å². The van der Waals surface area contributed by atoms with E-state index in [1.54, 1.807) is 18.2 Å². The monoisotopic (exact) mass is 443 g/mol. The molecular formula is C20H16ClF2N7O. The second-order valence-electron chi connectivity index (χ2n) is 8.02. The SMILES string of the molecule is CC1(C)C[C@H](C(=O)Nc2ccc(-n3nccn3)c(Cl)c2)c2cnc3c(F)c(F)nn3c21. The third-order valence-corrected chi connectivity index (χ3v) is 5.78. The van der Waals surface area contributed by atoms with Crippen LogP contribution in [0.5, 0.6) is 0 Å². The minimum Gasteiger partial charge on any atom is -0.326 e. The fourth-order valence-corrected chi connectivity index (χ4v) is 4.40. The van der Waals surface area contributed by atoms with E-state index in [2.05, 4.69) is 25.6 Å². The summed E-state index contributed by atoms with van der Waals surface area (Å²) in [6.45, 7) is 3.80. The number of nitrogens with zero attached hydrogens (tertiary/aromatic N) is 6. The van der Waals surface area contributed by atoms with Crippen LogP contribution < -0.4 is 5.32 Å². The van der Waals surface area contributed by atoms with Crippen LogP contribution in [-0.4, -0.2) is 35.5 Å². The molecule has 5 rings (SSSR count). The summed E-state index contributed by atoms with van der Waals surface area (Å²) in [7, 11) is 0. The molecule has 3 aromatic heterocycles. The Balaban J connectivity index is 1.47. The van der Waals surface area contributed by atoms with Gasteiger partial charge in [0.1, 0.15) is 5.69 Å². The smallest absolute Gasteiger partial charge is 0.271 e. The van der Waals surface area contributed by atoms with Crippen LogP contribution in [0.1, 0.15) is 37.4 Å². The van der Waals surface area contributed by atoms with Crippen molar-refractivity contribution < 1.29 is 13.6 Å². The Hall–Kier alpha value is -3.40. The average Bonchev–Trinajstić information content (AvgIpc) is 3.40. The van der Waals surface area contributed by atoms with E-state index in [9.17, 15) is 13.6 Å². The zero-order valence-electron chi connectivity index (χ0n) is 16.5. The maximum absolute atomic E-state index is 14.0. The number of fused-ring (bicyclic) bond motifs is 3. The maximum atomic E-state index is 14.0. The van der Waals surface area contributed by atoms with Gasteiger partial charge in [-0.25, -0.2) is 9.50 Å². The van der Waals surface area contributed by atoms with Gasteiger partial charge in [0.05, 0.1) is 29.0 Å². The second kappa shape index (κ2) is 6.81. The van der Waals surface area contributed by atoms with Gasteiger partial charge >= 0.3 is 0 Å². The van der Waals surface area contributed by atoms with Gasteiger partial charge < -0.3 is 5.32 Å². The van der Waals surface area contributed by atoms with E-state index in [1.807, 2.05) is 13.8 Å². The van der Waals surface area contributed by atoms with Crippen LogP contribution >= 0.6 is 11.6 Å². The molecule has 31 heavy (non-hydrogen) atoms. The van der Waals surface area contributed by atoms with Crippen LogP contribution in [0.2, 0.25) is 5.02 Å². The average molecular weight is 444 g/mol. The lowest BCUT2D eigenvalue weighted by atomic mass is 9.88. The topological polar surface area (TPSA) is 90.0 Å². The van der Waals surface area contributed by atoms with Crippen molar-refractivity contribution in [2.24, 2.45) is 0 Å². The van der Waals surface area contributed by atoms with Gasteiger partial charge in [0.15, 0.2) is 5.65 Å². The number of halogens is 3. The van der Waals surface area contributed by atoms with Gasteiger partial charge in [0.25, 0.3) is 5.95 Å². The molecule has 0 unspecified atom stereocenters. The minimum atomic E-state index is -1.22. The first-order valence-electron chi connectivity index (χ1n) is 9.46. The Morgan fingerprint density at radius 3 is 2.71 bits per heavy atom. The lowest BCUT2D eigenvalue weighted by molar-refractivity contribution is -0.117. The lowest BCUT2D eigenvalue weighted by Crippen LogP contribution is -2.21. The number of aromatic nitrogens is 6. The molecule has 1 aliphatic carbocycles. The molecule has 1 atom stereocenters. The van der Waals surface area contributed by atoms with Gasteiger partial charge in [-0.3, -0.25) is 4.79 Å². The highest BCUT2D eigenvalue weighted by atomic mass is 35.5. The zero-order chi connectivity index (χ0) is 21.9. The van der Waals surface area contributed by atoms with Crippen LogP contribution in [-0.2, 0) is 10.2 Å². The first-order valence-corrected chi connectivity index (χ1v) is 9.84. The minimum absolute atomic E-state index is 0.194. The van der Waals surface area contributed by atoms with Crippen LogP contribution in [0.3, 0.4) is 0 Å². The quantitative estimate of drug-likeness (QED) is 0.522. The van der Waals surface area contributed by atoms with Crippen LogP contribution in [0.4, 0.5) is 14.5 Å². The summed E-state index contributed by atoms with van der Waals surface area (Å²) in [6.07, 6.45) is 4.93. The molecule has 8 nitrogen and oxygen atoms in total.